The summed E-state index contributed by atoms with van der Waals surface area (Å²) in [7, 11) is 0. The van der Waals surface area contributed by atoms with Gasteiger partial charge in [0.05, 0.1) is 5.25 Å². The molecule has 0 aromatic rings. The van der Waals surface area contributed by atoms with E-state index in [2.05, 4.69) is 17.9 Å². The number of ether oxygens (including phenoxy) is 1. The smallest absolute Gasteiger partial charge is 0.319 e. The molecule has 1 aliphatic rings. The zero-order valence-corrected chi connectivity index (χ0v) is 8.36. The Morgan fingerprint density at radius 2 is 2.42 bits per heavy atom. The number of esters is 1. The summed E-state index contributed by atoms with van der Waals surface area (Å²) in [4.78, 5) is 11.2. The molecular weight excluding hydrogens is 174 g/mol. The molecule has 1 saturated heterocycles. The van der Waals surface area contributed by atoms with E-state index in [0.29, 0.717) is 0 Å². The number of carbonyl (C=O) groups is 1. The third kappa shape index (κ3) is 2.38. The number of nitrogens with one attached hydrogen (secondary N) is 1. The molecule has 0 aromatic carbocycles. The largest absolute Gasteiger partial charge is 0.457 e. The highest BCUT2D eigenvalue weighted by molar-refractivity contribution is 7.81. The molecular formula is C8H15NO2S. The van der Waals surface area contributed by atoms with Gasteiger partial charge in [-0.2, -0.15) is 12.6 Å². The number of rotatable bonds is 2. The van der Waals surface area contributed by atoms with Crippen LogP contribution in [-0.4, -0.2) is 29.9 Å². The molecule has 0 bridgehead atoms. The molecule has 4 heteroatoms. The minimum Gasteiger partial charge on any atom is -0.457 e. The fourth-order valence-electron chi connectivity index (χ4n) is 1.21. The lowest BCUT2D eigenvalue weighted by molar-refractivity contribution is -0.155. The van der Waals surface area contributed by atoms with Gasteiger partial charge in [-0.25, -0.2) is 0 Å². The summed E-state index contributed by atoms with van der Waals surface area (Å²) in [6, 6.07) is 0. The van der Waals surface area contributed by atoms with Crippen molar-refractivity contribution in [2.24, 2.45) is 0 Å². The normalized spacial score (nSPS) is 31.6. The van der Waals surface area contributed by atoms with Crippen molar-refractivity contribution in [2.45, 2.75) is 31.1 Å². The van der Waals surface area contributed by atoms with Crippen molar-refractivity contribution in [3.05, 3.63) is 0 Å². The van der Waals surface area contributed by atoms with Crippen LogP contribution in [0.3, 0.4) is 0 Å². The highest BCUT2D eigenvalue weighted by Gasteiger charge is 2.33. The van der Waals surface area contributed by atoms with E-state index < -0.39 is 0 Å². The Bertz CT molecular complexity index is 176. The molecule has 0 radical (unpaired) electrons. The summed E-state index contributed by atoms with van der Waals surface area (Å²) < 4.78 is 5.28. The average Bonchev–Trinajstić information content (AvgIpc) is 2.35. The first-order valence-corrected chi connectivity index (χ1v) is 4.67. The maximum Gasteiger partial charge on any atom is 0.319 e. The van der Waals surface area contributed by atoms with E-state index in [1.165, 1.54) is 0 Å². The Hall–Kier alpha value is -0.220. The van der Waals surface area contributed by atoms with Crippen molar-refractivity contribution in [3.63, 3.8) is 0 Å². The molecule has 0 saturated carbocycles. The monoisotopic (exact) mass is 189 g/mol. The lowest BCUT2D eigenvalue weighted by Crippen LogP contribution is -2.36. The van der Waals surface area contributed by atoms with E-state index in [9.17, 15) is 4.79 Å². The highest BCUT2D eigenvalue weighted by Crippen LogP contribution is 2.19. The van der Waals surface area contributed by atoms with Crippen LogP contribution < -0.4 is 5.32 Å². The van der Waals surface area contributed by atoms with E-state index in [1.807, 2.05) is 6.92 Å². The standard InChI is InChI=1S/C8H15NO2S/c1-6(12)7(10)11-8(2)3-4-9-5-8/h6,9,12H,3-5H2,1-2H3. The molecule has 0 amide bonds. The van der Waals surface area contributed by atoms with Crippen LogP contribution in [0, 0.1) is 0 Å². The second-order valence-electron chi connectivity index (χ2n) is 3.47. The first kappa shape index (κ1) is 9.86. The molecule has 0 aliphatic carbocycles. The van der Waals surface area contributed by atoms with E-state index in [0.717, 1.165) is 19.5 Å². The molecule has 2 unspecified atom stereocenters. The highest BCUT2D eigenvalue weighted by atomic mass is 32.1. The predicted molar refractivity (Wildman–Crippen MR) is 50.4 cm³/mol. The topological polar surface area (TPSA) is 38.3 Å². The van der Waals surface area contributed by atoms with Crippen molar-refractivity contribution in [1.82, 2.24) is 5.32 Å². The van der Waals surface area contributed by atoms with Crippen molar-refractivity contribution in [3.8, 4) is 0 Å². The van der Waals surface area contributed by atoms with Gasteiger partial charge in [-0.15, -0.1) is 0 Å². The molecule has 0 spiro atoms. The van der Waals surface area contributed by atoms with Crippen molar-refractivity contribution >= 4 is 18.6 Å². The Labute approximate surface area is 78.3 Å². The molecule has 1 fully saturated rings. The van der Waals surface area contributed by atoms with Crippen molar-refractivity contribution in [1.29, 1.82) is 0 Å². The summed E-state index contributed by atoms with van der Waals surface area (Å²) in [6.07, 6.45) is 0.888. The minimum absolute atomic E-state index is 0.232. The first-order chi connectivity index (χ1) is 5.53. The molecule has 3 nitrogen and oxygen atoms in total. The van der Waals surface area contributed by atoms with Crippen LogP contribution in [0.15, 0.2) is 0 Å². The van der Waals surface area contributed by atoms with Crippen LogP contribution in [-0.2, 0) is 9.53 Å². The zero-order chi connectivity index (χ0) is 9.19. The van der Waals surface area contributed by atoms with Crippen molar-refractivity contribution in [2.75, 3.05) is 13.1 Å². The Kier molecular flexibility index (Phi) is 3.01. The summed E-state index contributed by atoms with van der Waals surface area (Å²) in [5.41, 5.74) is -0.311. The number of carbonyl (C=O) groups excluding carboxylic acids is 1. The number of hydrogen-bond acceptors (Lipinski definition) is 4. The zero-order valence-electron chi connectivity index (χ0n) is 7.46. The van der Waals surface area contributed by atoms with Gasteiger partial charge in [0.25, 0.3) is 0 Å². The van der Waals surface area contributed by atoms with Crippen molar-refractivity contribution < 1.29 is 9.53 Å². The van der Waals surface area contributed by atoms with Gasteiger partial charge in [0.1, 0.15) is 5.60 Å². The van der Waals surface area contributed by atoms with Crippen LogP contribution in [0.5, 0.6) is 0 Å². The van der Waals surface area contributed by atoms with Crippen LogP contribution in [0.1, 0.15) is 20.3 Å². The molecule has 70 valence electrons. The van der Waals surface area contributed by atoms with Gasteiger partial charge >= 0.3 is 5.97 Å². The van der Waals surface area contributed by atoms with Gasteiger partial charge in [-0.05, 0) is 20.4 Å². The van der Waals surface area contributed by atoms with E-state index >= 15 is 0 Å². The predicted octanol–water partition coefficient (Wildman–Crippen LogP) is 0.600. The summed E-state index contributed by atoms with van der Waals surface area (Å²) in [6.45, 7) is 5.34. The molecule has 0 aromatic heterocycles. The van der Waals surface area contributed by atoms with Crippen LogP contribution in [0.2, 0.25) is 0 Å². The van der Waals surface area contributed by atoms with Gasteiger partial charge in [-0.1, -0.05) is 0 Å². The maximum absolute atomic E-state index is 11.2. The molecule has 12 heavy (non-hydrogen) atoms. The fourth-order valence-corrected chi connectivity index (χ4v) is 1.26. The minimum atomic E-state index is -0.331. The molecule has 1 aliphatic heterocycles. The first-order valence-electron chi connectivity index (χ1n) is 4.15. The number of thiol groups is 1. The van der Waals surface area contributed by atoms with Crippen LogP contribution in [0.25, 0.3) is 0 Å². The Morgan fingerprint density at radius 3 is 2.83 bits per heavy atom. The summed E-state index contributed by atoms with van der Waals surface area (Å²) >= 11 is 4.01. The fraction of sp³-hybridized carbons (Fsp3) is 0.875. The lowest BCUT2D eigenvalue weighted by atomic mass is 10.1. The summed E-state index contributed by atoms with van der Waals surface area (Å²) in [5, 5.41) is 2.82. The Balaban J connectivity index is 2.44. The SMILES string of the molecule is CC(S)C(=O)OC1(C)CCNC1. The van der Waals surface area contributed by atoms with Gasteiger partial charge in [0.2, 0.25) is 0 Å². The van der Waals surface area contributed by atoms with Crippen LogP contribution >= 0.6 is 12.6 Å². The van der Waals surface area contributed by atoms with E-state index in [1.54, 1.807) is 6.92 Å². The summed E-state index contributed by atoms with van der Waals surface area (Å²) in [5.74, 6) is -0.232. The third-order valence-electron chi connectivity index (χ3n) is 2.02. The molecule has 2 atom stereocenters. The average molecular weight is 189 g/mol. The quantitative estimate of drug-likeness (QED) is 0.493. The Morgan fingerprint density at radius 1 is 1.75 bits per heavy atom. The van der Waals surface area contributed by atoms with Gasteiger partial charge in [0.15, 0.2) is 0 Å². The van der Waals surface area contributed by atoms with Gasteiger partial charge in [0, 0.05) is 13.0 Å². The maximum atomic E-state index is 11.2. The van der Waals surface area contributed by atoms with Gasteiger partial charge in [-0.3, -0.25) is 4.79 Å². The van der Waals surface area contributed by atoms with Gasteiger partial charge < -0.3 is 10.1 Å². The molecule has 1 heterocycles. The second kappa shape index (κ2) is 3.66. The van der Waals surface area contributed by atoms with Crippen LogP contribution in [0.4, 0.5) is 0 Å². The third-order valence-corrected chi connectivity index (χ3v) is 2.23. The van der Waals surface area contributed by atoms with E-state index in [-0.39, 0.29) is 16.8 Å². The van der Waals surface area contributed by atoms with E-state index in [4.69, 9.17) is 4.74 Å². The molecule has 1 N–H and O–H groups in total. The second-order valence-corrected chi connectivity index (χ2v) is 4.25. The number of hydrogen-bond donors (Lipinski definition) is 2. The molecule has 1 rings (SSSR count). The lowest BCUT2D eigenvalue weighted by Gasteiger charge is -2.24.